The second-order valence-electron chi connectivity index (χ2n) is 12.1. The highest BCUT2D eigenvalue weighted by molar-refractivity contribution is 5.79. The van der Waals surface area contributed by atoms with Gasteiger partial charge in [0.15, 0.2) is 0 Å². The minimum absolute atomic E-state index is 0.113. The Balaban J connectivity index is 1.19. The van der Waals surface area contributed by atoms with E-state index >= 15 is 0 Å². The Bertz CT molecular complexity index is 1140. The van der Waals surface area contributed by atoms with Gasteiger partial charge in [0.05, 0.1) is 12.1 Å². The van der Waals surface area contributed by atoms with Crippen LogP contribution in [-0.4, -0.2) is 53.2 Å². The van der Waals surface area contributed by atoms with Crippen LogP contribution in [0.1, 0.15) is 68.7 Å². The molecule has 0 unspecified atom stereocenters. The number of fused-ring (bicyclic) bond motifs is 2. The van der Waals surface area contributed by atoms with Gasteiger partial charge in [-0.2, -0.15) is 0 Å². The van der Waals surface area contributed by atoms with E-state index in [1.54, 1.807) is 11.1 Å². The first-order chi connectivity index (χ1) is 17.0. The molecule has 3 saturated carbocycles. The van der Waals surface area contributed by atoms with Crippen molar-refractivity contribution in [2.45, 2.75) is 82.2 Å². The number of nitrogens with zero attached hydrogens (tertiary/aromatic N) is 2. The Labute approximate surface area is 209 Å². The predicted molar refractivity (Wildman–Crippen MR) is 141 cm³/mol. The van der Waals surface area contributed by atoms with E-state index in [9.17, 15) is 4.39 Å². The van der Waals surface area contributed by atoms with Crippen LogP contribution in [0, 0.1) is 5.92 Å². The normalized spacial score (nSPS) is 35.9. The first-order valence-electron chi connectivity index (χ1n) is 13.9. The Hall–Kier alpha value is -2.17. The Kier molecular flexibility index (Phi) is 5.15. The van der Waals surface area contributed by atoms with Gasteiger partial charge in [-0.05, 0) is 97.9 Å². The van der Waals surface area contributed by atoms with Gasteiger partial charge in [-0.1, -0.05) is 43.3 Å². The summed E-state index contributed by atoms with van der Waals surface area (Å²) in [6.07, 6.45) is 6.68. The number of alkyl halides is 1. The highest BCUT2D eigenvalue weighted by atomic mass is 19.1. The van der Waals surface area contributed by atoms with Gasteiger partial charge in [0.25, 0.3) is 0 Å². The fourth-order valence-electron chi connectivity index (χ4n) is 8.08. The molecule has 184 valence electrons. The predicted octanol–water partition coefficient (Wildman–Crippen LogP) is 6.23. The van der Waals surface area contributed by atoms with Crippen molar-refractivity contribution in [1.82, 2.24) is 9.80 Å². The van der Waals surface area contributed by atoms with Crippen LogP contribution in [0.15, 0.2) is 54.1 Å². The van der Waals surface area contributed by atoms with Crippen molar-refractivity contribution in [2.24, 2.45) is 5.92 Å². The molecule has 4 fully saturated rings. The average molecular weight is 472 g/mol. The van der Waals surface area contributed by atoms with Gasteiger partial charge in [0.2, 0.25) is 0 Å². The number of hydrogen-bond acceptors (Lipinski definition) is 3. The zero-order valence-electron chi connectivity index (χ0n) is 21.1. The molecule has 0 aromatic heterocycles. The zero-order chi connectivity index (χ0) is 23.7. The molecule has 1 N–H and O–H groups in total. The molecule has 3 nitrogen and oxygen atoms in total. The summed E-state index contributed by atoms with van der Waals surface area (Å²) in [6.45, 7) is 6.95. The second-order valence-corrected chi connectivity index (χ2v) is 12.1. The standard InChI is InChI=1S/C31H38FN3/c1-3-12-34-18-28(32)29(19-34)33-24-10-8-22(9-11-24)30-27-14-23-6-4-5-7-25(23)26(27)13-20(2)35(30)31-15-21(16-31)17-31/h4-11,20-21,28-30,33H,3,12-19H2,1-2H3/t20-,21?,28-,29+,30-,31?/m1/s1. The van der Waals surface area contributed by atoms with Crippen molar-refractivity contribution in [3.8, 4) is 0 Å². The fraction of sp³-hybridized carbons (Fsp3) is 0.548. The summed E-state index contributed by atoms with van der Waals surface area (Å²) in [4.78, 5) is 5.16. The maximum absolute atomic E-state index is 14.7. The summed E-state index contributed by atoms with van der Waals surface area (Å²) in [5.74, 6) is 0.970. The van der Waals surface area contributed by atoms with Crippen LogP contribution in [-0.2, 0) is 6.42 Å². The van der Waals surface area contributed by atoms with E-state index in [0.29, 0.717) is 24.2 Å². The molecule has 0 amide bonds. The van der Waals surface area contributed by atoms with E-state index in [2.05, 4.69) is 77.5 Å². The number of anilines is 1. The van der Waals surface area contributed by atoms with Crippen molar-refractivity contribution in [3.63, 3.8) is 0 Å². The fourth-order valence-corrected chi connectivity index (χ4v) is 8.08. The van der Waals surface area contributed by atoms with Crippen molar-refractivity contribution < 1.29 is 4.39 Å². The summed E-state index contributed by atoms with van der Waals surface area (Å²) >= 11 is 0. The van der Waals surface area contributed by atoms with Gasteiger partial charge < -0.3 is 5.32 Å². The third kappa shape index (κ3) is 3.43. The molecular formula is C31H38FN3. The molecule has 2 aliphatic heterocycles. The Morgan fingerprint density at radius 2 is 1.80 bits per heavy atom. The summed E-state index contributed by atoms with van der Waals surface area (Å²) in [5.41, 5.74) is 9.09. The molecule has 2 aromatic carbocycles. The third-order valence-electron chi connectivity index (χ3n) is 9.69. The first-order valence-corrected chi connectivity index (χ1v) is 13.9. The molecule has 8 rings (SSSR count). The summed E-state index contributed by atoms with van der Waals surface area (Å²) in [7, 11) is 0. The molecule has 0 spiro atoms. The molecule has 4 heteroatoms. The zero-order valence-corrected chi connectivity index (χ0v) is 21.1. The molecule has 0 radical (unpaired) electrons. The highest BCUT2D eigenvalue weighted by Gasteiger charge is 2.63. The largest absolute Gasteiger partial charge is 0.378 e. The van der Waals surface area contributed by atoms with E-state index in [4.69, 9.17) is 0 Å². The smallest absolute Gasteiger partial charge is 0.134 e. The molecule has 2 bridgehead atoms. The highest BCUT2D eigenvalue weighted by Crippen LogP contribution is 2.65. The first kappa shape index (κ1) is 22.1. The van der Waals surface area contributed by atoms with E-state index in [-0.39, 0.29) is 6.04 Å². The van der Waals surface area contributed by atoms with E-state index in [0.717, 1.165) is 37.5 Å². The van der Waals surface area contributed by atoms with Crippen molar-refractivity contribution in [1.29, 1.82) is 0 Å². The molecule has 35 heavy (non-hydrogen) atoms. The molecule has 4 atom stereocenters. The van der Waals surface area contributed by atoms with E-state index < -0.39 is 6.17 Å². The minimum Gasteiger partial charge on any atom is -0.378 e. The number of nitrogens with one attached hydrogen (secondary N) is 1. The van der Waals surface area contributed by atoms with Gasteiger partial charge in [-0.25, -0.2) is 4.39 Å². The van der Waals surface area contributed by atoms with Crippen molar-refractivity contribution >= 4 is 11.3 Å². The van der Waals surface area contributed by atoms with Gasteiger partial charge in [-0.15, -0.1) is 0 Å². The molecule has 4 aliphatic carbocycles. The van der Waals surface area contributed by atoms with Crippen LogP contribution >= 0.6 is 0 Å². The van der Waals surface area contributed by atoms with Gasteiger partial charge in [-0.3, -0.25) is 9.80 Å². The van der Waals surface area contributed by atoms with E-state index in [1.165, 1.54) is 42.4 Å². The van der Waals surface area contributed by atoms with Crippen LogP contribution in [0.2, 0.25) is 0 Å². The SMILES string of the molecule is CCCN1C[C@@H](F)[C@@H](Nc2ccc([C@@H]3C4=C(C[C@@H](C)N3C35CC(C3)C5)c3ccccc3C4)cc2)C1. The number of hydrogen-bond donors (Lipinski definition) is 1. The number of likely N-dealkylation sites (tertiary alicyclic amines) is 1. The lowest BCUT2D eigenvalue weighted by Gasteiger charge is -2.70. The Morgan fingerprint density at radius 1 is 1.03 bits per heavy atom. The lowest BCUT2D eigenvalue weighted by Crippen LogP contribution is -2.71. The van der Waals surface area contributed by atoms with Crippen LogP contribution < -0.4 is 5.32 Å². The van der Waals surface area contributed by atoms with Crippen LogP contribution in [0.5, 0.6) is 0 Å². The Morgan fingerprint density at radius 3 is 2.51 bits per heavy atom. The molecule has 2 aromatic rings. The maximum Gasteiger partial charge on any atom is 0.134 e. The van der Waals surface area contributed by atoms with Gasteiger partial charge in [0.1, 0.15) is 6.17 Å². The van der Waals surface area contributed by atoms with Gasteiger partial charge in [0, 0.05) is 30.4 Å². The van der Waals surface area contributed by atoms with Crippen molar-refractivity contribution in [2.75, 3.05) is 25.0 Å². The van der Waals surface area contributed by atoms with E-state index in [1.807, 2.05) is 0 Å². The number of halogens is 1. The lowest BCUT2D eigenvalue weighted by molar-refractivity contribution is -0.173. The average Bonchev–Trinajstić information content (AvgIpc) is 3.33. The lowest BCUT2D eigenvalue weighted by atomic mass is 9.48. The van der Waals surface area contributed by atoms with Gasteiger partial charge >= 0.3 is 0 Å². The molecular weight excluding hydrogens is 433 g/mol. The minimum atomic E-state index is -0.801. The van der Waals surface area contributed by atoms with Crippen molar-refractivity contribution in [3.05, 3.63) is 70.8 Å². The number of benzene rings is 2. The molecule has 1 saturated heterocycles. The van der Waals surface area contributed by atoms with Crippen LogP contribution in [0.3, 0.4) is 0 Å². The summed E-state index contributed by atoms with van der Waals surface area (Å²) in [6, 6.07) is 18.9. The quantitative estimate of drug-likeness (QED) is 0.539. The molecule has 6 aliphatic rings. The second kappa shape index (κ2) is 8.18. The number of rotatable bonds is 6. The van der Waals surface area contributed by atoms with Crippen LogP contribution in [0.25, 0.3) is 5.57 Å². The third-order valence-corrected chi connectivity index (χ3v) is 9.69. The molecule has 2 heterocycles. The topological polar surface area (TPSA) is 18.5 Å². The maximum atomic E-state index is 14.7. The van der Waals surface area contributed by atoms with Crippen LogP contribution in [0.4, 0.5) is 10.1 Å². The summed E-state index contributed by atoms with van der Waals surface area (Å²) < 4.78 is 14.7. The monoisotopic (exact) mass is 471 g/mol. The summed E-state index contributed by atoms with van der Waals surface area (Å²) in [5, 5.41) is 3.51.